The van der Waals surface area contributed by atoms with Gasteiger partial charge in [-0.1, -0.05) is 26.0 Å². The molecule has 4 nitrogen and oxygen atoms in total. The molecule has 0 radical (unpaired) electrons. The first-order valence-corrected chi connectivity index (χ1v) is 8.88. The lowest BCUT2D eigenvalue weighted by Gasteiger charge is -2.11. The van der Waals surface area contributed by atoms with Crippen molar-refractivity contribution >= 4 is 23.8 Å². The van der Waals surface area contributed by atoms with Crippen molar-refractivity contribution in [3.8, 4) is 5.69 Å². The van der Waals surface area contributed by atoms with Gasteiger partial charge >= 0.3 is 0 Å². The number of nitrogens with zero attached hydrogens (tertiary/aromatic N) is 1. The van der Waals surface area contributed by atoms with E-state index >= 15 is 0 Å². The van der Waals surface area contributed by atoms with Crippen molar-refractivity contribution in [3.05, 3.63) is 76.6 Å². The summed E-state index contributed by atoms with van der Waals surface area (Å²) in [6, 6.07) is 13.7. The molecule has 0 bridgehead atoms. The third kappa shape index (κ3) is 3.75. The van der Waals surface area contributed by atoms with Crippen LogP contribution >= 0.6 is 12.2 Å². The molecule has 3 rings (SSSR count). The molecule has 0 aliphatic heterocycles. The zero-order valence-electron chi connectivity index (χ0n) is 14.6. The van der Waals surface area contributed by atoms with Crippen LogP contribution in [0.2, 0.25) is 0 Å². The highest BCUT2D eigenvalue weighted by Crippen LogP contribution is 2.21. The molecule has 2 N–H and O–H groups in total. The minimum absolute atomic E-state index is 0.294. The summed E-state index contributed by atoms with van der Waals surface area (Å²) in [5, 5.41) is 2.88. The monoisotopic (exact) mass is 369 g/mol. The summed E-state index contributed by atoms with van der Waals surface area (Å²) in [5.74, 6) is -0.158. The Morgan fingerprint density at radius 2 is 1.85 bits per heavy atom. The van der Waals surface area contributed by atoms with Crippen molar-refractivity contribution in [2.24, 2.45) is 0 Å². The van der Waals surface area contributed by atoms with Gasteiger partial charge < -0.3 is 10.3 Å². The second kappa shape index (κ2) is 7.66. The predicted octanol–water partition coefficient (Wildman–Crippen LogP) is 5.44. The molecule has 0 saturated carbocycles. The number of hydrogen-bond donors (Lipinski definition) is 2. The number of nitrogens with one attached hydrogen (secondary N) is 2. The van der Waals surface area contributed by atoms with Crippen molar-refractivity contribution in [2.75, 3.05) is 5.32 Å². The maximum Gasteiger partial charge on any atom is 0.274 e. The number of H-pyrrole nitrogens is 1. The molecule has 0 fully saturated rings. The van der Waals surface area contributed by atoms with Gasteiger partial charge in [-0.25, -0.2) is 4.39 Å². The van der Waals surface area contributed by atoms with Gasteiger partial charge in [-0.2, -0.15) is 0 Å². The van der Waals surface area contributed by atoms with Crippen molar-refractivity contribution in [1.82, 2.24) is 9.55 Å². The standard InChI is InChI=1S/C20H20FN3OS/c1-3-13(2)14-4-8-16(9-5-14)23-19(25)18-12-22-20(26)24(18)17-10-6-15(21)7-11-17/h4-13H,3H2,1-2H3,(H,22,26)(H,23,25). The summed E-state index contributed by atoms with van der Waals surface area (Å²) >= 11 is 5.26. The van der Waals surface area contributed by atoms with Gasteiger partial charge in [0.25, 0.3) is 5.91 Å². The lowest BCUT2D eigenvalue weighted by Crippen LogP contribution is -2.16. The maximum absolute atomic E-state index is 13.2. The van der Waals surface area contributed by atoms with Gasteiger partial charge in [-0.15, -0.1) is 0 Å². The highest BCUT2D eigenvalue weighted by atomic mass is 32.1. The van der Waals surface area contributed by atoms with E-state index in [9.17, 15) is 9.18 Å². The number of halogens is 1. The second-order valence-corrected chi connectivity index (χ2v) is 6.56. The van der Waals surface area contributed by atoms with E-state index in [0.29, 0.717) is 27.8 Å². The number of rotatable bonds is 5. The normalized spacial score (nSPS) is 12.0. The zero-order valence-corrected chi connectivity index (χ0v) is 15.4. The Balaban J connectivity index is 1.85. The van der Waals surface area contributed by atoms with Crippen molar-refractivity contribution in [2.45, 2.75) is 26.2 Å². The van der Waals surface area contributed by atoms with Crippen LogP contribution in [0.15, 0.2) is 54.7 Å². The summed E-state index contributed by atoms with van der Waals surface area (Å²) < 4.78 is 15.1. The molecule has 1 heterocycles. The first-order chi connectivity index (χ1) is 12.5. The Bertz CT molecular complexity index is 958. The molecule has 1 atom stereocenters. The predicted molar refractivity (Wildman–Crippen MR) is 104 cm³/mol. The molecule has 134 valence electrons. The van der Waals surface area contributed by atoms with Crippen LogP contribution in [0, 0.1) is 10.6 Å². The third-order valence-electron chi connectivity index (χ3n) is 4.44. The molecular formula is C20H20FN3OS. The lowest BCUT2D eigenvalue weighted by molar-refractivity contribution is 0.102. The van der Waals surface area contributed by atoms with Crippen LogP contribution in [0.3, 0.4) is 0 Å². The first kappa shape index (κ1) is 18.1. The minimum Gasteiger partial charge on any atom is -0.336 e. The van der Waals surface area contributed by atoms with Gasteiger partial charge in [0.05, 0.1) is 0 Å². The van der Waals surface area contributed by atoms with E-state index in [-0.39, 0.29) is 11.7 Å². The average molecular weight is 369 g/mol. The van der Waals surface area contributed by atoms with Crippen molar-refractivity contribution < 1.29 is 9.18 Å². The molecule has 26 heavy (non-hydrogen) atoms. The number of hydrogen-bond acceptors (Lipinski definition) is 2. The number of amides is 1. The second-order valence-electron chi connectivity index (χ2n) is 6.18. The number of aromatic nitrogens is 2. The number of aromatic amines is 1. The molecule has 3 aromatic rings. The highest BCUT2D eigenvalue weighted by molar-refractivity contribution is 7.71. The molecule has 6 heteroatoms. The van der Waals surface area contributed by atoms with Crippen LogP contribution in [0.4, 0.5) is 10.1 Å². The Kier molecular flexibility index (Phi) is 5.32. The minimum atomic E-state index is -0.344. The molecule has 0 spiro atoms. The topological polar surface area (TPSA) is 49.8 Å². The van der Waals surface area contributed by atoms with E-state index in [1.54, 1.807) is 22.9 Å². The fourth-order valence-corrected chi connectivity index (χ4v) is 2.97. The number of anilines is 1. The van der Waals surface area contributed by atoms with Gasteiger partial charge in [0.1, 0.15) is 11.5 Å². The fourth-order valence-electron chi connectivity index (χ4n) is 2.71. The van der Waals surface area contributed by atoms with E-state index in [2.05, 4.69) is 24.1 Å². The number of benzene rings is 2. The van der Waals surface area contributed by atoms with Crippen LogP contribution in [0.25, 0.3) is 5.69 Å². The highest BCUT2D eigenvalue weighted by Gasteiger charge is 2.15. The molecule has 0 aliphatic carbocycles. The zero-order chi connectivity index (χ0) is 18.7. The number of carbonyl (C=O) groups excluding carboxylic acids is 1. The SMILES string of the molecule is CCC(C)c1ccc(NC(=O)c2c[nH]c(=S)n2-c2ccc(F)cc2)cc1. The Hall–Kier alpha value is -2.73. The quantitative estimate of drug-likeness (QED) is 0.588. The van der Waals surface area contributed by atoms with Crippen LogP contribution in [0.5, 0.6) is 0 Å². The van der Waals surface area contributed by atoms with Gasteiger partial charge in [-0.05, 0) is 66.5 Å². The molecular weight excluding hydrogens is 349 g/mol. The summed E-state index contributed by atoms with van der Waals surface area (Å²) in [6.07, 6.45) is 2.61. The van der Waals surface area contributed by atoms with Crippen LogP contribution in [0.1, 0.15) is 42.2 Å². The van der Waals surface area contributed by atoms with Gasteiger partial charge in [0, 0.05) is 17.6 Å². The molecule has 1 aromatic heterocycles. The van der Waals surface area contributed by atoms with Gasteiger partial charge in [0.15, 0.2) is 4.77 Å². The van der Waals surface area contributed by atoms with E-state index in [0.717, 1.165) is 6.42 Å². The summed E-state index contributed by atoms with van der Waals surface area (Å²) in [5.41, 5.74) is 2.92. The van der Waals surface area contributed by atoms with E-state index in [1.807, 2.05) is 24.3 Å². The Labute approximate surface area is 156 Å². The summed E-state index contributed by atoms with van der Waals surface area (Å²) in [4.78, 5) is 15.6. The fraction of sp³-hybridized carbons (Fsp3) is 0.200. The van der Waals surface area contributed by atoms with Crippen molar-refractivity contribution in [3.63, 3.8) is 0 Å². The summed E-state index contributed by atoms with van der Waals surface area (Å²) in [7, 11) is 0. The van der Waals surface area contributed by atoms with E-state index in [4.69, 9.17) is 12.2 Å². The van der Waals surface area contributed by atoms with Gasteiger partial charge in [0.2, 0.25) is 0 Å². The van der Waals surface area contributed by atoms with E-state index < -0.39 is 0 Å². The van der Waals surface area contributed by atoms with Crippen molar-refractivity contribution in [1.29, 1.82) is 0 Å². The molecule has 1 amide bonds. The molecule has 1 unspecified atom stereocenters. The number of carbonyl (C=O) groups is 1. The summed E-state index contributed by atoms with van der Waals surface area (Å²) in [6.45, 7) is 4.32. The Morgan fingerprint density at radius 1 is 1.19 bits per heavy atom. The first-order valence-electron chi connectivity index (χ1n) is 8.47. The Morgan fingerprint density at radius 3 is 2.46 bits per heavy atom. The molecule has 2 aromatic carbocycles. The van der Waals surface area contributed by atoms with E-state index in [1.165, 1.54) is 17.7 Å². The van der Waals surface area contributed by atoms with Crippen LogP contribution < -0.4 is 5.32 Å². The number of imidazole rings is 1. The molecule has 0 saturated heterocycles. The third-order valence-corrected chi connectivity index (χ3v) is 4.74. The lowest BCUT2D eigenvalue weighted by atomic mass is 9.99. The van der Waals surface area contributed by atoms with Gasteiger partial charge in [-0.3, -0.25) is 9.36 Å². The van der Waals surface area contributed by atoms with Crippen LogP contribution in [-0.2, 0) is 0 Å². The molecule has 0 aliphatic rings. The van der Waals surface area contributed by atoms with Crippen LogP contribution in [-0.4, -0.2) is 15.5 Å². The average Bonchev–Trinajstić information content (AvgIpc) is 3.04. The smallest absolute Gasteiger partial charge is 0.274 e. The maximum atomic E-state index is 13.2. The largest absolute Gasteiger partial charge is 0.336 e.